The zero-order valence-electron chi connectivity index (χ0n) is 18.6. The van der Waals surface area contributed by atoms with E-state index in [4.69, 9.17) is 0 Å². The SMILES string of the molecule is C[C@H](CC1CCCC1)[C@H]1CC[C@H]2C3=CC=C4CC(O)CC[C@]4(C)[C@H]3CC[C@]12C. The largest absolute Gasteiger partial charge is 0.393 e. The van der Waals surface area contributed by atoms with Gasteiger partial charge < -0.3 is 5.11 Å². The Bertz CT molecular complexity index is 668. The first-order chi connectivity index (χ1) is 13.4. The molecule has 5 rings (SSSR count). The minimum Gasteiger partial charge on any atom is -0.393 e. The van der Waals surface area contributed by atoms with Gasteiger partial charge >= 0.3 is 0 Å². The molecule has 0 aliphatic heterocycles. The van der Waals surface area contributed by atoms with Gasteiger partial charge in [-0.05, 0) is 91.8 Å². The average molecular weight is 383 g/mol. The first kappa shape index (κ1) is 19.4. The molecule has 0 spiro atoms. The van der Waals surface area contributed by atoms with E-state index in [2.05, 4.69) is 32.9 Å². The van der Waals surface area contributed by atoms with Crippen LogP contribution in [0.25, 0.3) is 0 Å². The summed E-state index contributed by atoms with van der Waals surface area (Å²) >= 11 is 0. The van der Waals surface area contributed by atoms with Crippen LogP contribution in [0.15, 0.2) is 23.3 Å². The molecule has 4 fully saturated rings. The summed E-state index contributed by atoms with van der Waals surface area (Å²) in [4.78, 5) is 0. The van der Waals surface area contributed by atoms with Gasteiger partial charge in [0.15, 0.2) is 0 Å². The molecule has 7 atom stereocenters. The second-order valence-electron chi connectivity index (χ2n) is 11.9. The van der Waals surface area contributed by atoms with Crippen LogP contribution < -0.4 is 0 Å². The van der Waals surface area contributed by atoms with Crippen molar-refractivity contribution in [3.8, 4) is 0 Å². The minimum absolute atomic E-state index is 0.101. The van der Waals surface area contributed by atoms with Crippen molar-refractivity contribution in [1.82, 2.24) is 0 Å². The van der Waals surface area contributed by atoms with Gasteiger partial charge in [0.1, 0.15) is 0 Å². The monoisotopic (exact) mass is 382 g/mol. The van der Waals surface area contributed by atoms with E-state index in [1.54, 1.807) is 5.57 Å². The fourth-order valence-electron chi connectivity index (χ4n) is 8.89. The van der Waals surface area contributed by atoms with Crippen molar-refractivity contribution in [2.75, 3.05) is 0 Å². The van der Waals surface area contributed by atoms with Gasteiger partial charge in [-0.3, -0.25) is 0 Å². The van der Waals surface area contributed by atoms with Crippen LogP contribution in [0, 0.1) is 40.4 Å². The predicted octanol–water partition coefficient (Wildman–Crippen LogP) is 7.06. The molecule has 0 aromatic heterocycles. The third-order valence-electron chi connectivity index (χ3n) is 10.5. The Balaban J connectivity index is 1.38. The van der Waals surface area contributed by atoms with Gasteiger partial charge in [0.2, 0.25) is 0 Å². The Morgan fingerprint density at radius 2 is 1.75 bits per heavy atom. The molecule has 1 nitrogen and oxygen atoms in total. The summed E-state index contributed by atoms with van der Waals surface area (Å²) in [7, 11) is 0. The zero-order chi connectivity index (χ0) is 19.5. The Hall–Kier alpha value is -0.560. The van der Waals surface area contributed by atoms with E-state index in [0.29, 0.717) is 10.8 Å². The van der Waals surface area contributed by atoms with Crippen molar-refractivity contribution in [3.05, 3.63) is 23.3 Å². The third-order valence-corrected chi connectivity index (χ3v) is 10.5. The highest BCUT2D eigenvalue weighted by molar-refractivity contribution is 5.38. The first-order valence-corrected chi connectivity index (χ1v) is 12.5. The second-order valence-corrected chi connectivity index (χ2v) is 11.9. The topological polar surface area (TPSA) is 20.2 Å². The molecule has 1 unspecified atom stereocenters. The van der Waals surface area contributed by atoms with Gasteiger partial charge in [-0.15, -0.1) is 0 Å². The molecular formula is C27H42O. The summed E-state index contributed by atoms with van der Waals surface area (Å²) in [5.74, 6) is 4.45. The molecule has 1 heteroatoms. The third kappa shape index (κ3) is 2.90. The summed E-state index contributed by atoms with van der Waals surface area (Å²) < 4.78 is 0. The Morgan fingerprint density at radius 1 is 0.964 bits per heavy atom. The maximum Gasteiger partial charge on any atom is 0.0578 e. The number of hydrogen-bond donors (Lipinski definition) is 1. The van der Waals surface area contributed by atoms with Crippen molar-refractivity contribution in [3.63, 3.8) is 0 Å². The summed E-state index contributed by atoms with van der Waals surface area (Å²) in [6, 6.07) is 0. The van der Waals surface area contributed by atoms with E-state index in [9.17, 15) is 5.11 Å². The van der Waals surface area contributed by atoms with Crippen LogP contribution in [0.4, 0.5) is 0 Å². The summed E-state index contributed by atoms with van der Waals surface area (Å²) in [5.41, 5.74) is 4.23. The van der Waals surface area contributed by atoms with Gasteiger partial charge in [0.25, 0.3) is 0 Å². The van der Waals surface area contributed by atoms with Crippen LogP contribution in [0.1, 0.15) is 97.8 Å². The normalized spacial score (nSPS) is 47.0. The number of fused-ring (bicyclic) bond motifs is 5. The lowest BCUT2D eigenvalue weighted by atomic mass is 9.50. The molecule has 5 aliphatic rings. The standard InChI is InChI=1S/C27H42O/c1-18(16-19-6-4-5-7-19)23-10-11-24-22-9-8-20-17-21(28)12-14-26(20,2)25(22)13-15-27(23,24)3/h8-9,18-19,21,23-25,28H,4-7,10-17H2,1-3H3/t18-,21?,23-,24+,25+,26+,27-/m1/s1. The smallest absolute Gasteiger partial charge is 0.0578 e. The Kier molecular flexibility index (Phi) is 4.85. The van der Waals surface area contributed by atoms with E-state index in [1.165, 1.54) is 64.2 Å². The highest BCUT2D eigenvalue weighted by Crippen LogP contribution is 2.66. The second kappa shape index (κ2) is 7.00. The lowest BCUT2D eigenvalue weighted by molar-refractivity contribution is 0.0306. The van der Waals surface area contributed by atoms with Crippen LogP contribution in [0.5, 0.6) is 0 Å². The molecule has 0 saturated heterocycles. The van der Waals surface area contributed by atoms with Crippen LogP contribution in [0.2, 0.25) is 0 Å². The first-order valence-electron chi connectivity index (χ1n) is 12.5. The molecule has 0 heterocycles. The fraction of sp³-hybridized carbons (Fsp3) is 0.852. The molecule has 0 bridgehead atoms. The number of hydrogen-bond acceptors (Lipinski definition) is 1. The van der Waals surface area contributed by atoms with E-state index < -0.39 is 0 Å². The Labute approximate surface area is 173 Å². The Morgan fingerprint density at radius 3 is 2.54 bits per heavy atom. The molecule has 4 saturated carbocycles. The van der Waals surface area contributed by atoms with E-state index in [-0.39, 0.29) is 6.10 Å². The number of aliphatic hydroxyl groups is 1. The van der Waals surface area contributed by atoms with Crippen LogP contribution in [-0.2, 0) is 0 Å². The van der Waals surface area contributed by atoms with Crippen molar-refractivity contribution in [2.45, 2.75) is 104 Å². The van der Waals surface area contributed by atoms with Crippen LogP contribution in [-0.4, -0.2) is 11.2 Å². The van der Waals surface area contributed by atoms with Gasteiger partial charge in [-0.1, -0.05) is 69.8 Å². The minimum atomic E-state index is -0.101. The van der Waals surface area contributed by atoms with E-state index in [0.717, 1.165) is 42.4 Å². The number of aliphatic hydroxyl groups excluding tert-OH is 1. The van der Waals surface area contributed by atoms with Gasteiger partial charge in [0.05, 0.1) is 6.10 Å². The van der Waals surface area contributed by atoms with Gasteiger partial charge in [-0.25, -0.2) is 0 Å². The predicted molar refractivity (Wildman–Crippen MR) is 117 cm³/mol. The van der Waals surface area contributed by atoms with Crippen LogP contribution >= 0.6 is 0 Å². The van der Waals surface area contributed by atoms with E-state index >= 15 is 0 Å². The highest BCUT2D eigenvalue weighted by Gasteiger charge is 2.57. The lowest BCUT2D eigenvalue weighted by Gasteiger charge is -2.55. The zero-order valence-corrected chi connectivity index (χ0v) is 18.6. The number of allylic oxidation sites excluding steroid dienone is 3. The molecule has 5 aliphatic carbocycles. The van der Waals surface area contributed by atoms with Crippen molar-refractivity contribution in [2.24, 2.45) is 40.4 Å². The molecule has 156 valence electrons. The average Bonchev–Trinajstić information content (AvgIpc) is 3.29. The quantitative estimate of drug-likeness (QED) is 0.554. The van der Waals surface area contributed by atoms with Crippen molar-refractivity contribution < 1.29 is 5.11 Å². The molecular weight excluding hydrogens is 340 g/mol. The highest BCUT2D eigenvalue weighted by atomic mass is 16.3. The van der Waals surface area contributed by atoms with Crippen molar-refractivity contribution in [1.29, 1.82) is 0 Å². The summed E-state index contributed by atoms with van der Waals surface area (Å²) in [5, 5.41) is 10.2. The molecule has 0 aromatic carbocycles. The fourth-order valence-corrected chi connectivity index (χ4v) is 8.89. The molecule has 0 amide bonds. The van der Waals surface area contributed by atoms with Crippen LogP contribution in [0.3, 0.4) is 0 Å². The summed E-state index contributed by atoms with van der Waals surface area (Å²) in [6.45, 7) is 7.80. The maximum atomic E-state index is 10.2. The van der Waals surface area contributed by atoms with Crippen molar-refractivity contribution >= 4 is 0 Å². The lowest BCUT2D eigenvalue weighted by Crippen LogP contribution is -2.46. The summed E-state index contributed by atoms with van der Waals surface area (Å²) in [6.07, 6.45) is 21.2. The van der Waals surface area contributed by atoms with Gasteiger partial charge in [-0.2, -0.15) is 0 Å². The van der Waals surface area contributed by atoms with E-state index in [1.807, 2.05) is 5.57 Å². The maximum absolute atomic E-state index is 10.2. The molecule has 1 N–H and O–H groups in total. The molecule has 28 heavy (non-hydrogen) atoms. The molecule has 0 radical (unpaired) electrons. The van der Waals surface area contributed by atoms with Gasteiger partial charge in [0, 0.05) is 0 Å². The molecule has 0 aromatic rings. The number of rotatable bonds is 3.